The molecule has 0 bridgehead atoms. The lowest BCUT2D eigenvalue weighted by atomic mass is 9.98. The summed E-state index contributed by atoms with van der Waals surface area (Å²) < 4.78 is 5.48. The summed E-state index contributed by atoms with van der Waals surface area (Å²) in [6.45, 7) is 9.33. The molecule has 1 fully saturated rings. The molecule has 0 saturated carbocycles. The highest BCUT2D eigenvalue weighted by Crippen LogP contribution is 2.26. The van der Waals surface area contributed by atoms with E-state index in [-0.39, 0.29) is 17.9 Å². The SMILES string of the molecule is CC(C)(C)c1nc(CN2CCOC(CC(=O)O)C2)cs1. The molecular formula is C14H22N2O3S. The van der Waals surface area contributed by atoms with Gasteiger partial charge in [0.25, 0.3) is 0 Å². The summed E-state index contributed by atoms with van der Waals surface area (Å²) in [5, 5.41) is 12.1. The molecule has 112 valence electrons. The highest BCUT2D eigenvalue weighted by Gasteiger charge is 2.24. The van der Waals surface area contributed by atoms with E-state index in [4.69, 9.17) is 9.84 Å². The Morgan fingerprint density at radius 1 is 1.60 bits per heavy atom. The molecule has 0 spiro atoms. The molecule has 5 nitrogen and oxygen atoms in total. The molecule has 6 heteroatoms. The minimum Gasteiger partial charge on any atom is -0.481 e. The quantitative estimate of drug-likeness (QED) is 0.922. The third kappa shape index (κ3) is 4.26. The van der Waals surface area contributed by atoms with Crippen molar-refractivity contribution in [1.29, 1.82) is 0 Å². The average Bonchev–Trinajstić information content (AvgIpc) is 2.76. The van der Waals surface area contributed by atoms with Crippen LogP contribution < -0.4 is 0 Å². The summed E-state index contributed by atoms with van der Waals surface area (Å²) in [4.78, 5) is 17.6. The number of hydrogen-bond acceptors (Lipinski definition) is 5. The lowest BCUT2D eigenvalue weighted by Gasteiger charge is -2.31. The summed E-state index contributed by atoms with van der Waals surface area (Å²) in [7, 11) is 0. The van der Waals surface area contributed by atoms with Crippen molar-refractivity contribution in [2.45, 2.75) is 45.3 Å². The highest BCUT2D eigenvalue weighted by molar-refractivity contribution is 7.09. The van der Waals surface area contributed by atoms with Crippen LogP contribution in [0, 0.1) is 0 Å². The fourth-order valence-corrected chi connectivity index (χ4v) is 3.09. The highest BCUT2D eigenvalue weighted by atomic mass is 32.1. The molecule has 1 aliphatic rings. The summed E-state index contributed by atoms with van der Waals surface area (Å²) >= 11 is 1.69. The van der Waals surface area contributed by atoms with Crippen LogP contribution in [-0.2, 0) is 21.5 Å². The maximum atomic E-state index is 10.7. The number of aliphatic carboxylic acids is 1. The number of carbonyl (C=O) groups is 1. The summed E-state index contributed by atoms with van der Waals surface area (Å²) in [5.41, 5.74) is 1.15. The van der Waals surface area contributed by atoms with Crippen LogP contribution in [0.15, 0.2) is 5.38 Å². The zero-order chi connectivity index (χ0) is 14.8. The maximum absolute atomic E-state index is 10.7. The standard InChI is InChI=1S/C14H22N2O3S/c1-14(2,3)13-15-10(9-20-13)7-16-4-5-19-11(8-16)6-12(17)18/h9,11H,4-8H2,1-3H3,(H,17,18). The molecule has 0 aromatic carbocycles. The summed E-state index contributed by atoms with van der Waals surface area (Å²) in [6, 6.07) is 0. The molecule has 1 atom stereocenters. The van der Waals surface area contributed by atoms with E-state index < -0.39 is 5.97 Å². The predicted molar refractivity (Wildman–Crippen MR) is 78.1 cm³/mol. The van der Waals surface area contributed by atoms with E-state index in [9.17, 15) is 4.79 Å². The monoisotopic (exact) mass is 298 g/mol. The molecule has 1 saturated heterocycles. The second-order valence-electron chi connectivity index (χ2n) is 6.22. The number of thiazole rings is 1. The van der Waals surface area contributed by atoms with Gasteiger partial charge >= 0.3 is 5.97 Å². The summed E-state index contributed by atoms with van der Waals surface area (Å²) in [5.74, 6) is -0.805. The second kappa shape index (κ2) is 6.20. The van der Waals surface area contributed by atoms with Crippen molar-refractivity contribution in [3.8, 4) is 0 Å². The van der Waals surface area contributed by atoms with E-state index in [1.54, 1.807) is 11.3 Å². The predicted octanol–water partition coefficient (Wildman–Crippen LogP) is 2.12. The molecule has 1 aromatic rings. The third-order valence-electron chi connectivity index (χ3n) is 3.20. The molecule has 1 aromatic heterocycles. The van der Waals surface area contributed by atoms with Gasteiger partial charge in [-0.3, -0.25) is 9.69 Å². The van der Waals surface area contributed by atoms with E-state index in [1.165, 1.54) is 0 Å². The number of hydrogen-bond donors (Lipinski definition) is 1. The zero-order valence-electron chi connectivity index (χ0n) is 12.3. The van der Waals surface area contributed by atoms with Gasteiger partial charge in [-0.05, 0) is 0 Å². The number of carboxylic acids is 1. The Bertz CT molecular complexity index is 467. The number of ether oxygens (including phenoxy) is 1. The molecule has 0 amide bonds. The fraction of sp³-hybridized carbons (Fsp3) is 0.714. The molecule has 1 unspecified atom stereocenters. The number of rotatable bonds is 4. The molecule has 1 N–H and O–H groups in total. The summed E-state index contributed by atoms with van der Waals surface area (Å²) in [6.07, 6.45) is -0.136. The molecule has 20 heavy (non-hydrogen) atoms. The first-order chi connectivity index (χ1) is 9.34. The lowest BCUT2D eigenvalue weighted by molar-refractivity contribution is -0.142. The van der Waals surface area contributed by atoms with Gasteiger partial charge in [0.1, 0.15) is 0 Å². The van der Waals surface area contributed by atoms with Gasteiger partial charge in [-0.1, -0.05) is 20.8 Å². The molecule has 1 aliphatic heterocycles. The Hall–Kier alpha value is -0.980. The average molecular weight is 298 g/mol. The fourth-order valence-electron chi connectivity index (χ4n) is 2.20. The smallest absolute Gasteiger partial charge is 0.306 e. The molecule has 2 rings (SSSR count). The molecule has 0 radical (unpaired) electrons. The van der Waals surface area contributed by atoms with Gasteiger partial charge in [-0.25, -0.2) is 4.98 Å². The number of nitrogens with zero attached hydrogens (tertiary/aromatic N) is 2. The van der Waals surface area contributed by atoms with Gasteiger partial charge in [0.15, 0.2) is 0 Å². The van der Waals surface area contributed by atoms with E-state index in [2.05, 4.69) is 36.0 Å². The van der Waals surface area contributed by atoms with Gasteiger partial charge in [0.05, 0.1) is 29.8 Å². The first kappa shape index (κ1) is 15.4. The van der Waals surface area contributed by atoms with Crippen molar-refractivity contribution in [2.75, 3.05) is 19.7 Å². The molecular weight excluding hydrogens is 276 g/mol. The number of morpholine rings is 1. The van der Waals surface area contributed by atoms with E-state index in [0.29, 0.717) is 13.2 Å². The third-order valence-corrected chi connectivity index (χ3v) is 4.52. The van der Waals surface area contributed by atoms with E-state index in [0.717, 1.165) is 23.8 Å². The van der Waals surface area contributed by atoms with Gasteiger partial charge in [-0.2, -0.15) is 0 Å². The van der Waals surface area contributed by atoms with Crippen LogP contribution in [0.5, 0.6) is 0 Å². The van der Waals surface area contributed by atoms with Crippen molar-refractivity contribution in [3.63, 3.8) is 0 Å². The van der Waals surface area contributed by atoms with Gasteiger partial charge in [0.2, 0.25) is 0 Å². The van der Waals surface area contributed by atoms with Gasteiger partial charge in [-0.15, -0.1) is 11.3 Å². The zero-order valence-corrected chi connectivity index (χ0v) is 13.1. The van der Waals surface area contributed by atoms with Gasteiger partial charge < -0.3 is 9.84 Å². The first-order valence-electron chi connectivity index (χ1n) is 6.85. The topological polar surface area (TPSA) is 62.7 Å². The van der Waals surface area contributed by atoms with Crippen LogP contribution in [0.2, 0.25) is 0 Å². The van der Waals surface area contributed by atoms with Crippen molar-refractivity contribution in [1.82, 2.24) is 9.88 Å². The maximum Gasteiger partial charge on any atom is 0.306 e. The van der Waals surface area contributed by atoms with Crippen molar-refractivity contribution < 1.29 is 14.6 Å². The van der Waals surface area contributed by atoms with Crippen LogP contribution in [0.4, 0.5) is 0 Å². The van der Waals surface area contributed by atoms with E-state index in [1.807, 2.05) is 0 Å². The van der Waals surface area contributed by atoms with Crippen LogP contribution in [0.25, 0.3) is 0 Å². The van der Waals surface area contributed by atoms with Crippen LogP contribution >= 0.6 is 11.3 Å². The van der Waals surface area contributed by atoms with Gasteiger partial charge in [0, 0.05) is 30.4 Å². The molecule has 2 heterocycles. The van der Waals surface area contributed by atoms with Crippen LogP contribution in [0.3, 0.4) is 0 Å². The van der Waals surface area contributed by atoms with Crippen molar-refractivity contribution in [2.24, 2.45) is 0 Å². The molecule has 0 aliphatic carbocycles. The first-order valence-corrected chi connectivity index (χ1v) is 7.73. The van der Waals surface area contributed by atoms with Crippen LogP contribution in [0.1, 0.15) is 37.9 Å². The number of aromatic nitrogens is 1. The lowest BCUT2D eigenvalue weighted by Crippen LogP contribution is -2.42. The normalized spacial score (nSPS) is 21.1. The minimum atomic E-state index is -0.805. The Balaban J connectivity index is 1.92. The Labute approximate surface area is 123 Å². The van der Waals surface area contributed by atoms with Crippen molar-refractivity contribution in [3.05, 3.63) is 16.1 Å². The second-order valence-corrected chi connectivity index (χ2v) is 7.08. The minimum absolute atomic E-state index is 0.0702. The van der Waals surface area contributed by atoms with Crippen molar-refractivity contribution >= 4 is 17.3 Å². The van der Waals surface area contributed by atoms with Crippen LogP contribution in [-0.4, -0.2) is 46.8 Å². The van der Waals surface area contributed by atoms with E-state index >= 15 is 0 Å². The largest absolute Gasteiger partial charge is 0.481 e. The number of carboxylic acid groups (broad SMARTS) is 1. The Morgan fingerprint density at radius 3 is 2.95 bits per heavy atom. The Kier molecular flexibility index (Phi) is 4.78. The Morgan fingerprint density at radius 2 is 2.35 bits per heavy atom.